The number of nitrogens with one attached hydrogen (secondary N) is 1. The van der Waals surface area contributed by atoms with Crippen LogP contribution in [0.25, 0.3) is 0 Å². The molecule has 0 spiro atoms. The molecular formula is C11H6Br2Cl2N2O2S. The first-order valence-electron chi connectivity index (χ1n) is 5.08. The number of sulfonamides is 1. The van der Waals surface area contributed by atoms with E-state index in [4.69, 9.17) is 23.2 Å². The molecule has 0 amide bonds. The van der Waals surface area contributed by atoms with Crippen LogP contribution in [0.2, 0.25) is 10.2 Å². The minimum absolute atomic E-state index is 0.103. The van der Waals surface area contributed by atoms with Crippen LogP contribution in [0.15, 0.2) is 44.3 Å². The first kappa shape index (κ1) is 16.0. The van der Waals surface area contributed by atoms with Crippen LogP contribution in [-0.2, 0) is 10.0 Å². The predicted molar refractivity (Wildman–Crippen MR) is 86.9 cm³/mol. The molecule has 9 heteroatoms. The minimum Gasteiger partial charge on any atom is -0.279 e. The molecule has 4 nitrogen and oxygen atoms in total. The Morgan fingerprint density at radius 1 is 1.15 bits per heavy atom. The first-order chi connectivity index (χ1) is 9.29. The van der Waals surface area contributed by atoms with E-state index in [9.17, 15) is 8.42 Å². The van der Waals surface area contributed by atoms with Gasteiger partial charge in [-0.2, -0.15) is 0 Å². The van der Waals surface area contributed by atoms with Crippen molar-refractivity contribution < 1.29 is 8.42 Å². The molecule has 0 saturated heterocycles. The maximum atomic E-state index is 12.3. The van der Waals surface area contributed by atoms with Crippen molar-refractivity contribution in [2.75, 3.05) is 4.72 Å². The molecule has 0 saturated carbocycles. The van der Waals surface area contributed by atoms with Gasteiger partial charge in [0.25, 0.3) is 10.0 Å². The topological polar surface area (TPSA) is 59.1 Å². The lowest BCUT2D eigenvalue weighted by molar-refractivity contribution is 0.601. The van der Waals surface area contributed by atoms with E-state index in [2.05, 4.69) is 41.6 Å². The second-order valence-electron chi connectivity index (χ2n) is 3.68. The number of aromatic nitrogens is 1. The normalized spacial score (nSPS) is 11.4. The fourth-order valence-electron chi connectivity index (χ4n) is 1.36. The van der Waals surface area contributed by atoms with Gasteiger partial charge in [0.2, 0.25) is 0 Å². The van der Waals surface area contributed by atoms with Crippen molar-refractivity contribution in [1.82, 2.24) is 4.98 Å². The monoisotopic (exact) mass is 458 g/mol. The number of nitrogens with zero attached hydrogens (tertiary/aromatic N) is 1. The third kappa shape index (κ3) is 3.65. The van der Waals surface area contributed by atoms with Crippen molar-refractivity contribution in [3.63, 3.8) is 0 Å². The van der Waals surface area contributed by atoms with Crippen molar-refractivity contribution in [2.45, 2.75) is 4.90 Å². The molecule has 2 rings (SSSR count). The standard InChI is InChI=1S/C11H6Br2Cl2N2O2S/c12-6-3-10(11(15)16-5-6)20(18,19)17-7-1-2-9(14)8(13)4-7/h1-5,17H. The van der Waals surface area contributed by atoms with Crippen LogP contribution in [0, 0.1) is 0 Å². The van der Waals surface area contributed by atoms with Crippen LogP contribution >= 0.6 is 55.1 Å². The third-order valence-corrected chi connectivity index (χ3v) is 5.69. The molecule has 106 valence electrons. The SMILES string of the molecule is O=S(=O)(Nc1ccc(Cl)c(Br)c1)c1cc(Br)cnc1Cl. The summed E-state index contributed by atoms with van der Waals surface area (Å²) in [5.74, 6) is 0. The van der Waals surface area contributed by atoms with Crippen molar-refractivity contribution in [3.05, 3.63) is 49.6 Å². The zero-order valence-electron chi connectivity index (χ0n) is 9.57. The van der Waals surface area contributed by atoms with Crippen LogP contribution < -0.4 is 4.72 Å². The molecule has 0 fully saturated rings. The Kier molecular flexibility index (Phi) is 4.96. The highest BCUT2D eigenvalue weighted by molar-refractivity contribution is 9.10. The lowest BCUT2D eigenvalue weighted by Gasteiger charge is -2.10. The van der Waals surface area contributed by atoms with Crippen LogP contribution in [0.4, 0.5) is 5.69 Å². The highest BCUT2D eigenvalue weighted by Gasteiger charge is 2.19. The molecule has 1 aromatic carbocycles. The van der Waals surface area contributed by atoms with E-state index in [0.29, 0.717) is 19.7 Å². The van der Waals surface area contributed by atoms with Crippen molar-refractivity contribution in [2.24, 2.45) is 0 Å². The summed E-state index contributed by atoms with van der Waals surface area (Å²) in [4.78, 5) is 3.68. The van der Waals surface area contributed by atoms with Gasteiger partial charge in [-0.1, -0.05) is 23.2 Å². The average molecular weight is 461 g/mol. The molecule has 1 N–H and O–H groups in total. The molecular weight excluding hydrogens is 455 g/mol. The Bertz CT molecular complexity index is 769. The molecule has 1 aromatic heterocycles. The summed E-state index contributed by atoms with van der Waals surface area (Å²) in [6, 6.07) is 6.05. The summed E-state index contributed by atoms with van der Waals surface area (Å²) in [5, 5.41) is 0.379. The molecule has 0 aliphatic rings. The third-order valence-electron chi connectivity index (χ3n) is 2.23. The van der Waals surface area contributed by atoms with Crippen molar-refractivity contribution in [3.8, 4) is 0 Å². The molecule has 20 heavy (non-hydrogen) atoms. The Morgan fingerprint density at radius 2 is 1.85 bits per heavy atom. The van der Waals surface area contributed by atoms with Gasteiger partial charge in [-0.05, 0) is 56.1 Å². The molecule has 0 radical (unpaired) electrons. The van der Waals surface area contributed by atoms with Crippen molar-refractivity contribution in [1.29, 1.82) is 0 Å². The van der Waals surface area contributed by atoms with Crippen LogP contribution in [-0.4, -0.2) is 13.4 Å². The quantitative estimate of drug-likeness (QED) is 0.674. The molecule has 0 aliphatic heterocycles. The number of pyridine rings is 1. The second-order valence-corrected chi connectivity index (χ2v) is 7.86. The zero-order valence-corrected chi connectivity index (χ0v) is 15.1. The fourth-order valence-corrected chi connectivity index (χ4v) is 3.85. The van der Waals surface area contributed by atoms with E-state index < -0.39 is 10.0 Å². The predicted octanol–water partition coefficient (Wildman–Crippen LogP) is 4.71. The smallest absolute Gasteiger partial charge is 0.265 e. The van der Waals surface area contributed by atoms with E-state index in [1.54, 1.807) is 18.2 Å². The maximum absolute atomic E-state index is 12.3. The summed E-state index contributed by atoms with van der Waals surface area (Å²) in [5.41, 5.74) is 0.359. The Hall–Kier alpha value is -0.340. The number of anilines is 1. The van der Waals surface area contributed by atoms with Gasteiger partial charge in [-0.25, -0.2) is 13.4 Å². The summed E-state index contributed by atoms with van der Waals surface area (Å²) >= 11 is 18.1. The number of benzene rings is 1. The van der Waals surface area contributed by atoms with E-state index >= 15 is 0 Å². The highest BCUT2D eigenvalue weighted by atomic mass is 79.9. The minimum atomic E-state index is -3.83. The Labute approximate surface area is 142 Å². The summed E-state index contributed by atoms with van der Waals surface area (Å²) in [6.45, 7) is 0. The number of rotatable bonds is 3. The highest BCUT2D eigenvalue weighted by Crippen LogP contribution is 2.28. The van der Waals surface area contributed by atoms with E-state index in [1.165, 1.54) is 12.3 Å². The lowest BCUT2D eigenvalue weighted by atomic mass is 10.3. The largest absolute Gasteiger partial charge is 0.279 e. The van der Waals surface area contributed by atoms with Gasteiger partial charge in [0.05, 0.1) is 10.7 Å². The van der Waals surface area contributed by atoms with E-state index in [0.717, 1.165) is 0 Å². The summed E-state index contributed by atoms with van der Waals surface area (Å²) in [6.07, 6.45) is 1.42. The average Bonchev–Trinajstić information content (AvgIpc) is 2.36. The summed E-state index contributed by atoms with van der Waals surface area (Å²) < 4.78 is 28.0. The molecule has 1 heterocycles. The van der Waals surface area contributed by atoms with Crippen LogP contribution in [0.1, 0.15) is 0 Å². The molecule has 0 atom stereocenters. The van der Waals surface area contributed by atoms with Gasteiger partial charge in [-0.15, -0.1) is 0 Å². The molecule has 0 aliphatic carbocycles. The van der Waals surface area contributed by atoms with E-state index in [-0.39, 0.29) is 10.0 Å². The van der Waals surface area contributed by atoms with Gasteiger partial charge >= 0.3 is 0 Å². The van der Waals surface area contributed by atoms with Crippen LogP contribution in [0.5, 0.6) is 0 Å². The Balaban J connectivity index is 2.40. The molecule has 0 bridgehead atoms. The van der Waals surface area contributed by atoms with Crippen molar-refractivity contribution >= 4 is 70.8 Å². The number of hydrogen-bond donors (Lipinski definition) is 1. The number of halogens is 4. The molecule has 2 aromatic rings. The van der Waals surface area contributed by atoms with Gasteiger partial charge < -0.3 is 0 Å². The lowest BCUT2D eigenvalue weighted by Crippen LogP contribution is -2.14. The Morgan fingerprint density at radius 3 is 2.50 bits per heavy atom. The van der Waals surface area contributed by atoms with Gasteiger partial charge in [0.1, 0.15) is 10.0 Å². The zero-order chi connectivity index (χ0) is 14.9. The van der Waals surface area contributed by atoms with Gasteiger partial charge in [0.15, 0.2) is 0 Å². The van der Waals surface area contributed by atoms with Gasteiger partial charge in [-0.3, -0.25) is 4.72 Å². The maximum Gasteiger partial charge on any atom is 0.265 e. The fraction of sp³-hybridized carbons (Fsp3) is 0. The van der Waals surface area contributed by atoms with E-state index in [1.807, 2.05) is 0 Å². The van der Waals surface area contributed by atoms with Gasteiger partial charge in [0, 0.05) is 15.1 Å². The molecule has 0 unspecified atom stereocenters. The first-order valence-corrected chi connectivity index (χ1v) is 8.91. The van der Waals surface area contributed by atoms with Crippen LogP contribution in [0.3, 0.4) is 0 Å². The second kappa shape index (κ2) is 6.19. The summed E-state index contributed by atoms with van der Waals surface area (Å²) in [7, 11) is -3.83. The number of hydrogen-bond acceptors (Lipinski definition) is 3.